The summed E-state index contributed by atoms with van der Waals surface area (Å²) in [5, 5.41) is 23.3. The molecule has 0 bridgehead atoms. The molecule has 530 valence electrons. The molecule has 20 heteroatoms. The van der Waals surface area contributed by atoms with E-state index in [-0.39, 0.29) is 62.5 Å². The molecule has 0 fully saturated rings. The molecule has 0 radical (unpaired) electrons. The van der Waals surface area contributed by atoms with Gasteiger partial charge in [0.1, 0.15) is 23.1 Å². The van der Waals surface area contributed by atoms with Crippen molar-refractivity contribution in [2.24, 2.45) is 0 Å². The van der Waals surface area contributed by atoms with E-state index in [0.717, 1.165) is 96.6 Å². The molecule has 110 heavy (non-hydrogen) atoms. The number of para-hydroxylation sites is 1. The fourth-order valence-corrected chi connectivity index (χ4v) is 38.5. The van der Waals surface area contributed by atoms with Crippen molar-refractivity contribution in [2.75, 3.05) is 14.7 Å². The average molecular weight is 1590 g/mol. The molecular weight excluding hydrogens is 1520 g/mol. The van der Waals surface area contributed by atoms with E-state index in [1.54, 1.807) is 73.2 Å². The van der Waals surface area contributed by atoms with Crippen molar-refractivity contribution in [1.29, 1.82) is 0 Å². The molecule has 14 aromatic rings. The normalized spacial score (nSPS) is 16.1. The van der Waals surface area contributed by atoms with Crippen molar-refractivity contribution < 1.29 is 28.8 Å². The maximum absolute atomic E-state index is 14.0. The van der Waals surface area contributed by atoms with Gasteiger partial charge in [0, 0.05) is 121 Å². The number of benzene rings is 6. The number of hydrogen-bond donors (Lipinski definition) is 0. The van der Waals surface area contributed by atoms with Gasteiger partial charge in [0.25, 0.3) is 0 Å². The minimum Gasteiger partial charge on any atom is -0.302 e. The van der Waals surface area contributed by atoms with Crippen LogP contribution in [0.15, 0.2) is 243 Å². The Balaban J connectivity index is 0.735. The van der Waals surface area contributed by atoms with Gasteiger partial charge >= 0.3 is 0 Å². The number of aromatic nitrogens is 2. The number of allylic oxidation sites excluding steroid dienone is 3. The predicted octanol–water partition coefficient (Wildman–Crippen LogP) is 18.5. The summed E-state index contributed by atoms with van der Waals surface area (Å²) in [6, 6.07) is 67.1. The highest BCUT2D eigenvalue weighted by atomic mass is 32.1. The summed E-state index contributed by atoms with van der Waals surface area (Å²) in [5.74, 6) is -1.43. The number of ketones is 6. The maximum Gasteiger partial charge on any atom is 0.198 e. The zero-order chi connectivity index (χ0) is 74.7. The number of anilines is 9. The van der Waals surface area contributed by atoms with Crippen LogP contribution >= 0.6 is 68.0 Å². The summed E-state index contributed by atoms with van der Waals surface area (Å²) in [6.45, 7) is 14.3. The lowest BCUT2D eigenvalue weighted by Gasteiger charge is -2.49. The van der Waals surface area contributed by atoms with Crippen LogP contribution in [0.5, 0.6) is 0 Å². The predicted molar refractivity (Wildman–Crippen MR) is 462 cm³/mol. The number of thiophene rings is 6. The smallest absolute Gasteiger partial charge is 0.198 e. The Hall–Kier alpha value is -10.9. The molecule has 1 spiro atoms. The van der Waals surface area contributed by atoms with Crippen LogP contribution < -0.4 is 56.5 Å². The zero-order valence-corrected chi connectivity index (χ0v) is 67.9. The van der Waals surface area contributed by atoms with Gasteiger partial charge in [-0.05, 0) is 167 Å². The van der Waals surface area contributed by atoms with Crippen molar-refractivity contribution in [3.63, 3.8) is 0 Å². The Morgan fingerprint density at radius 1 is 0.336 bits per heavy atom. The minimum absolute atomic E-state index is 0.177. The molecule has 0 saturated heterocycles. The zero-order valence-electron chi connectivity index (χ0n) is 60.0. The highest BCUT2D eigenvalue weighted by molar-refractivity contribution is 7.24. The van der Waals surface area contributed by atoms with Crippen LogP contribution in [0, 0.1) is 0 Å². The van der Waals surface area contributed by atoms with E-state index in [1.165, 1.54) is 87.6 Å². The molecule has 12 heterocycles. The van der Waals surface area contributed by atoms with Gasteiger partial charge in [-0.1, -0.05) is 144 Å². The molecule has 0 atom stereocenters. The Labute approximate surface area is 660 Å². The topological polar surface area (TPSA) is 138 Å². The van der Waals surface area contributed by atoms with Crippen molar-refractivity contribution >= 4 is 236 Å². The van der Waals surface area contributed by atoms with Crippen LogP contribution in [0.2, 0.25) is 24.2 Å². The third kappa shape index (κ3) is 9.33. The summed E-state index contributed by atoms with van der Waals surface area (Å²) in [4.78, 5) is 103. The van der Waals surface area contributed by atoms with Crippen LogP contribution in [-0.2, 0) is 0 Å². The standard InChI is InChI=1S/C90H61N5O6S6Si3/c1-48(2)109(49(3)4)77-29-23-50(51-21-27-70-79(36-51)110(74-18-10-7-14-57(74)58-15-8-11-19-75(58)110)76-20-12-9-16-68(76)93(70)80-30-24-54(105-80)38-59-83(96)62-42-102-43-63(62)84(59)97)34-72(77)94(81-31-25-55(106-81)39-60-85(98)64-44-103-45-65(64)86(60)99)69-28-22-52(37-78(69)109)53-35-73-90(92-41-53)108(5,6)89-71(17-13-33-91-89)95(73)82-32-26-56(107-82)40-61-87(100)66-46-104-47-67(66)88(61)101/h7-49H,1-6H3. The lowest BCUT2D eigenvalue weighted by atomic mass is 10.0. The summed E-state index contributed by atoms with van der Waals surface area (Å²) < 4.78 is 0. The molecule has 4 aliphatic heterocycles. The number of carbonyl (C=O) groups excluding carboxylic acids is 6. The number of Topliss-reactive ketones (excluding diaryl/α,β-unsaturated/α-hetero) is 6. The fourth-order valence-electron chi connectivity index (χ4n) is 18.8. The minimum atomic E-state index is -3.17. The second-order valence-corrected chi connectivity index (χ2v) is 48.6. The van der Waals surface area contributed by atoms with Gasteiger partial charge in [0.05, 0.1) is 38.7 Å². The first-order chi connectivity index (χ1) is 53.4. The lowest BCUT2D eigenvalue weighted by molar-refractivity contribution is 0.0975. The number of nitrogens with zero attached hydrogens (tertiary/aromatic N) is 5. The molecule has 6 aromatic carbocycles. The highest BCUT2D eigenvalue weighted by Crippen LogP contribution is 2.52. The molecule has 0 saturated carbocycles. The quantitative estimate of drug-likeness (QED) is 0.0735. The number of carbonyl (C=O) groups is 6. The second-order valence-electron chi connectivity index (χ2n) is 30.1. The van der Waals surface area contributed by atoms with Gasteiger partial charge in [-0.25, -0.2) is 0 Å². The summed E-state index contributed by atoms with van der Waals surface area (Å²) in [7, 11) is -8.62. The monoisotopic (exact) mass is 1580 g/mol. The second kappa shape index (κ2) is 24.6. The van der Waals surface area contributed by atoms with E-state index >= 15 is 0 Å². The SMILES string of the molecule is CC(C)[Si]1(C(C)C)c2ccc(-c3ccc4c(c3)[Si]3(c5ccccc5-c5ccccc53)c3ccccc3N4c3ccc(C=C4C(=O)c5cscc5C4=O)s3)cc2N(c2ccc(C=C3C(=O)c4cscc4C3=O)s2)c2ccc(-c3cnc4c(c3)N(c3ccc(C=C5C(=O)c6cscc6C5=O)s3)c3cccnc3[Si]4(C)C)cc21. The largest absolute Gasteiger partial charge is 0.302 e. The van der Waals surface area contributed by atoms with Crippen molar-refractivity contribution in [2.45, 2.75) is 51.9 Å². The number of pyridine rings is 2. The van der Waals surface area contributed by atoms with Gasteiger partial charge in [0.2, 0.25) is 0 Å². The summed E-state index contributed by atoms with van der Waals surface area (Å²) in [5.41, 5.74) is 16.7. The van der Waals surface area contributed by atoms with E-state index < -0.39 is 24.2 Å². The van der Waals surface area contributed by atoms with Crippen LogP contribution in [-0.4, -0.2) is 68.9 Å². The van der Waals surface area contributed by atoms with Gasteiger partial charge in [-0.2, -0.15) is 34.0 Å². The first-order valence-corrected chi connectivity index (χ1v) is 48.9. The van der Waals surface area contributed by atoms with Crippen LogP contribution in [0.1, 0.15) is 104 Å². The Morgan fingerprint density at radius 3 is 1.24 bits per heavy atom. The first kappa shape index (κ1) is 67.2. The molecule has 11 nitrogen and oxygen atoms in total. The molecule has 3 aliphatic carbocycles. The van der Waals surface area contributed by atoms with Crippen LogP contribution in [0.3, 0.4) is 0 Å². The van der Waals surface area contributed by atoms with E-state index in [4.69, 9.17) is 9.97 Å². The van der Waals surface area contributed by atoms with Crippen LogP contribution in [0.4, 0.5) is 49.1 Å². The fraction of sp³-hybridized carbons (Fsp3) is 0.0889. The van der Waals surface area contributed by atoms with Gasteiger partial charge < -0.3 is 9.80 Å². The molecular formula is C90H61N5O6S6Si3. The lowest BCUT2D eigenvalue weighted by Crippen LogP contribution is -2.75. The van der Waals surface area contributed by atoms with Gasteiger partial charge in [-0.3, -0.25) is 43.6 Å². The number of hydrogen-bond acceptors (Lipinski definition) is 17. The Bertz CT molecular complexity index is 6480. The summed E-state index contributed by atoms with van der Waals surface area (Å²) >= 11 is 8.78. The molecule has 8 aromatic heterocycles. The van der Waals surface area contributed by atoms with Crippen LogP contribution in [0.25, 0.3) is 51.6 Å². The van der Waals surface area contributed by atoms with Crippen molar-refractivity contribution in [3.05, 3.63) is 291 Å². The molecule has 0 N–H and O–H groups in total. The maximum atomic E-state index is 14.0. The van der Waals surface area contributed by atoms with E-state index in [2.05, 4.69) is 213 Å². The molecule has 0 unspecified atom stereocenters. The number of rotatable bonds is 10. The third-order valence-corrected chi connectivity index (χ3v) is 43.2. The third-order valence-electron chi connectivity index (χ3n) is 23.6. The van der Waals surface area contributed by atoms with Crippen molar-refractivity contribution in [3.8, 4) is 33.4 Å². The molecule has 21 rings (SSSR count). The molecule has 0 amide bonds. The Morgan fingerprint density at radius 2 is 0.727 bits per heavy atom. The van der Waals surface area contributed by atoms with Gasteiger partial charge in [-0.15, -0.1) is 34.0 Å². The van der Waals surface area contributed by atoms with Gasteiger partial charge in [0.15, 0.2) is 50.8 Å². The Kier molecular flexibility index (Phi) is 15.0. The average Bonchev–Trinajstić information content (AvgIpc) is 1.47. The van der Waals surface area contributed by atoms with E-state index in [9.17, 15) is 28.8 Å². The van der Waals surface area contributed by atoms with E-state index in [1.807, 2.05) is 36.7 Å². The highest BCUT2D eigenvalue weighted by Gasteiger charge is 2.56. The summed E-state index contributed by atoms with van der Waals surface area (Å²) in [6.07, 6.45) is 9.22. The van der Waals surface area contributed by atoms with E-state index in [0.29, 0.717) is 33.4 Å². The van der Waals surface area contributed by atoms with Crippen molar-refractivity contribution in [1.82, 2.24) is 9.97 Å². The first-order valence-electron chi connectivity index (χ1n) is 36.4. The number of fused-ring (bicyclic) bond motifs is 16. The molecule has 7 aliphatic rings.